The average molecular weight is 296 g/mol. The normalized spacial score (nSPS) is 16.4. The molecule has 1 aliphatic carbocycles. The maximum Gasteiger partial charge on any atom is 0.159 e. The van der Waals surface area contributed by atoms with E-state index in [4.69, 9.17) is 4.42 Å². The van der Waals surface area contributed by atoms with Crippen molar-refractivity contribution in [1.82, 2.24) is 9.36 Å². The summed E-state index contributed by atoms with van der Waals surface area (Å²) in [7, 11) is 0. The first-order valence-corrected chi connectivity index (χ1v) is 8.02. The predicted octanol–water partition coefficient (Wildman–Crippen LogP) is 4.73. The fourth-order valence-corrected chi connectivity index (χ4v) is 3.61. The lowest BCUT2D eigenvalue weighted by Crippen LogP contribution is -2.27. The number of fused-ring (bicyclic) bond motifs is 1. The molecule has 4 heteroatoms. The second-order valence-electron chi connectivity index (χ2n) is 6.19. The number of carbonyl (C=O) groups is 1. The van der Waals surface area contributed by atoms with E-state index in [1.807, 2.05) is 18.2 Å². The molecule has 0 amide bonds. The maximum absolute atomic E-state index is 11.7. The lowest BCUT2D eigenvalue weighted by Gasteiger charge is -2.34. The Kier molecular flexibility index (Phi) is 3.17. The van der Waals surface area contributed by atoms with Gasteiger partial charge < -0.3 is 4.42 Å². The molecule has 0 unspecified atom stereocenters. The molecule has 2 aromatic heterocycles. The van der Waals surface area contributed by atoms with E-state index in [-0.39, 0.29) is 5.78 Å². The topological polar surface area (TPSA) is 40.1 Å². The number of rotatable bonds is 3. The van der Waals surface area contributed by atoms with Gasteiger partial charge in [-0.2, -0.15) is 0 Å². The Bertz CT molecular complexity index is 802. The van der Waals surface area contributed by atoms with Crippen molar-refractivity contribution in [3.05, 3.63) is 42.4 Å². The molecule has 4 nitrogen and oxygen atoms in total. The summed E-state index contributed by atoms with van der Waals surface area (Å²) in [5, 5.41) is 0. The molecular weight excluding hydrogens is 276 g/mol. The third kappa shape index (κ3) is 2.02. The van der Waals surface area contributed by atoms with Crippen molar-refractivity contribution in [1.29, 1.82) is 0 Å². The van der Waals surface area contributed by atoms with Crippen LogP contribution in [0.4, 0.5) is 0 Å². The number of nitrogens with zero attached hydrogens (tertiary/aromatic N) is 2. The lowest BCUT2D eigenvalue weighted by atomic mass is 9.95. The maximum atomic E-state index is 11.7. The number of ketones is 1. The van der Waals surface area contributed by atoms with Crippen LogP contribution in [-0.2, 0) is 0 Å². The zero-order valence-electron chi connectivity index (χ0n) is 12.8. The minimum absolute atomic E-state index is 0.103. The van der Waals surface area contributed by atoms with Crippen molar-refractivity contribution in [2.75, 3.05) is 0 Å². The van der Waals surface area contributed by atoms with Crippen LogP contribution in [0.3, 0.4) is 0 Å². The third-order valence-electron chi connectivity index (χ3n) is 4.74. The number of benzene rings is 1. The van der Waals surface area contributed by atoms with E-state index in [9.17, 15) is 4.79 Å². The van der Waals surface area contributed by atoms with Gasteiger partial charge in [0.15, 0.2) is 5.78 Å². The Hall–Kier alpha value is -2.23. The molecule has 1 aromatic carbocycles. The van der Waals surface area contributed by atoms with E-state index < -0.39 is 0 Å². The Morgan fingerprint density at radius 2 is 1.95 bits per heavy atom. The van der Waals surface area contributed by atoms with Crippen LogP contribution in [0, 0.1) is 0 Å². The summed E-state index contributed by atoms with van der Waals surface area (Å²) < 4.78 is 9.84. The lowest BCUT2D eigenvalue weighted by molar-refractivity contribution is 0.101. The quantitative estimate of drug-likeness (QED) is 0.655. The van der Waals surface area contributed by atoms with Gasteiger partial charge in [-0.25, -0.2) is 4.68 Å². The number of hydrogen-bond donors (Lipinski definition) is 0. The molecule has 3 aromatic rings. The molecule has 0 atom stereocenters. The van der Waals surface area contributed by atoms with E-state index in [0.29, 0.717) is 6.04 Å². The molecular formula is C18H20N2O2. The highest BCUT2D eigenvalue weighted by atomic mass is 16.3. The fourth-order valence-electron chi connectivity index (χ4n) is 3.61. The van der Waals surface area contributed by atoms with Crippen molar-refractivity contribution >= 4 is 16.8 Å². The van der Waals surface area contributed by atoms with Gasteiger partial charge in [0.05, 0.1) is 23.3 Å². The summed E-state index contributed by atoms with van der Waals surface area (Å²) >= 11 is 0. The Labute approximate surface area is 129 Å². The molecule has 1 aliphatic rings. The monoisotopic (exact) mass is 296 g/mol. The van der Waals surface area contributed by atoms with Crippen LogP contribution in [0.1, 0.15) is 55.4 Å². The van der Waals surface area contributed by atoms with E-state index in [2.05, 4.69) is 15.4 Å². The van der Waals surface area contributed by atoms with Crippen LogP contribution in [0.25, 0.3) is 16.7 Å². The summed E-state index contributed by atoms with van der Waals surface area (Å²) in [5.41, 5.74) is 4.10. The number of furan rings is 1. The third-order valence-corrected chi connectivity index (χ3v) is 4.74. The molecule has 4 rings (SSSR count). The van der Waals surface area contributed by atoms with E-state index in [0.717, 1.165) is 16.8 Å². The van der Waals surface area contributed by atoms with Gasteiger partial charge >= 0.3 is 0 Å². The van der Waals surface area contributed by atoms with Gasteiger partial charge in [0.1, 0.15) is 12.0 Å². The van der Waals surface area contributed by atoms with Gasteiger partial charge in [-0.3, -0.25) is 9.48 Å². The largest absolute Gasteiger partial charge is 0.470 e. The molecule has 2 heterocycles. The van der Waals surface area contributed by atoms with Crippen molar-refractivity contribution in [2.45, 2.75) is 45.1 Å². The highest BCUT2D eigenvalue weighted by molar-refractivity contribution is 5.98. The summed E-state index contributed by atoms with van der Waals surface area (Å²) in [5.74, 6) is 0.103. The molecule has 114 valence electrons. The Morgan fingerprint density at radius 1 is 1.14 bits per heavy atom. The number of aromatic nitrogens is 2. The van der Waals surface area contributed by atoms with Crippen LogP contribution in [-0.4, -0.2) is 15.1 Å². The second-order valence-corrected chi connectivity index (χ2v) is 6.19. The van der Waals surface area contributed by atoms with Crippen LogP contribution in [0.15, 0.2) is 41.2 Å². The summed E-state index contributed by atoms with van der Waals surface area (Å²) in [6.45, 7) is 1.61. The summed E-state index contributed by atoms with van der Waals surface area (Å²) in [6, 6.07) is 8.52. The zero-order chi connectivity index (χ0) is 15.1. The van der Waals surface area contributed by atoms with Crippen LogP contribution in [0.2, 0.25) is 0 Å². The first-order chi connectivity index (χ1) is 10.8. The van der Waals surface area contributed by atoms with Gasteiger partial charge in [-0.1, -0.05) is 19.3 Å². The second kappa shape index (κ2) is 5.20. The summed E-state index contributed by atoms with van der Waals surface area (Å²) in [6.07, 6.45) is 9.83. The molecule has 0 N–H and O–H groups in total. The Morgan fingerprint density at radius 3 is 2.64 bits per heavy atom. The SMILES string of the molecule is CC(=O)c1ccc2c(c1)n(-c1ccoc1)n2C1CCCCC1. The fraction of sp³-hybridized carbons (Fsp3) is 0.389. The van der Waals surface area contributed by atoms with Gasteiger partial charge in [0.25, 0.3) is 0 Å². The molecule has 1 fully saturated rings. The van der Waals surface area contributed by atoms with Crippen LogP contribution in [0.5, 0.6) is 0 Å². The Balaban J connectivity index is 1.87. The van der Waals surface area contributed by atoms with E-state index in [1.165, 1.54) is 37.6 Å². The molecule has 0 aliphatic heterocycles. The van der Waals surface area contributed by atoms with Crippen molar-refractivity contribution in [3.8, 4) is 5.69 Å². The number of hydrogen-bond acceptors (Lipinski definition) is 2. The molecule has 22 heavy (non-hydrogen) atoms. The van der Waals surface area contributed by atoms with E-state index in [1.54, 1.807) is 19.5 Å². The number of Topliss-reactive ketones (excluding diaryl/α,β-unsaturated/α-hetero) is 1. The highest BCUT2D eigenvalue weighted by Crippen LogP contribution is 2.36. The molecule has 0 radical (unpaired) electrons. The van der Waals surface area contributed by atoms with Crippen molar-refractivity contribution in [3.63, 3.8) is 0 Å². The smallest absolute Gasteiger partial charge is 0.159 e. The van der Waals surface area contributed by atoms with Gasteiger partial charge in [0.2, 0.25) is 0 Å². The van der Waals surface area contributed by atoms with Crippen molar-refractivity contribution in [2.24, 2.45) is 0 Å². The van der Waals surface area contributed by atoms with Gasteiger partial charge in [-0.05, 0) is 38.0 Å². The average Bonchev–Trinajstić information content (AvgIpc) is 3.03. The van der Waals surface area contributed by atoms with Gasteiger partial charge in [0, 0.05) is 11.6 Å². The first kappa shape index (κ1) is 13.4. The molecule has 0 saturated heterocycles. The van der Waals surface area contributed by atoms with Crippen LogP contribution < -0.4 is 0 Å². The van der Waals surface area contributed by atoms with Crippen LogP contribution >= 0.6 is 0 Å². The van der Waals surface area contributed by atoms with Crippen molar-refractivity contribution < 1.29 is 9.21 Å². The zero-order valence-corrected chi connectivity index (χ0v) is 12.8. The first-order valence-electron chi connectivity index (χ1n) is 8.02. The molecule has 0 bridgehead atoms. The molecule has 1 saturated carbocycles. The highest BCUT2D eigenvalue weighted by Gasteiger charge is 2.24. The van der Waals surface area contributed by atoms with E-state index >= 15 is 0 Å². The minimum Gasteiger partial charge on any atom is -0.470 e. The molecule has 0 spiro atoms. The number of carbonyl (C=O) groups excluding carboxylic acids is 1. The standard InChI is InChI=1S/C18H20N2O2/c1-13(21)14-7-8-17-18(11-14)20(16-9-10-22-12-16)19(17)15-5-3-2-4-6-15/h7-12,15H,2-6H2,1H3. The minimum atomic E-state index is 0.103. The van der Waals surface area contributed by atoms with Gasteiger partial charge in [-0.15, -0.1) is 0 Å². The summed E-state index contributed by atoms with van der Waals surface area (Å²) in [4.78, 5) is 11.7. The predicted molar refractivity (Wildman–Crippen MR) is 85.7 cm³/mol.